The Hall–Kier alpha value is -3.19. The fourth-order valence-corrected chi connectivity index (χ4v) is 4.31. The van der Waals surface area contributed by atoms with Crippen LogP contribution >= 0.6 is 0 Å². The number of hydrogen-bond donors (Lipinski definition) is 1. The van der Waals surface area contributed by atoms with Crippen molar-refractivity contribution in [1.82, 2.24) is 15.1 Å². The van der Waals surface area contributed by atoms with Gasteiger partial charge in [0.05, 0.1) is 17.8 Å². The van der Waals surface area contributed by atoms with Crippen molar-refractivity contribution < 1.29 is 14.4 Å². The van der Waals surface area contributed by atoms with E-state index in [9.17, 15) is 14.4 Å². The summed E-state index contributed by atoms with van der Waals surface area (Å²) in [6.45, 7) is 2.12. The number of para-hydroxylation sites is 1. The van der Waals surface area contributed by atoms with Crippen molar-refractivity contribution in [1.29, 1.82) is 0 Å². The molecule has 1 unspecified atom stereocenters. The van der Waals surface area contributed by atoms with E-state index >= 15 is 0 Å². The fraction of sp³-hybridized carbons (Fsp3) is 0.375. The van der Waals surface area contributed by atoms with Crippen LogP contribution in [-0.4, -0.2) is 67.3 Å². The highest BCUT2D eigenvalue weighted by Gasteiger charge is 2.42. The summed E-state index contributed by atoms with van der Waals surface area (Å²) >= 11 is 0. The number of hydrogen-bond acceptors (Lipinski definition) is 4. The summed E-state index contributed by atoms with van der Waals surface area (Å²) in [4.78, 5) is 44.8. The molecule has 1 atom stereocenters. The Morgan fingerprint density at radius 2 is 1.84 bits per heavy atom. The number of rotatable bonds is 6. The van der Waals surface area contributed by atoms with Crippen LogP contribution in [0.3, 0.4) is 0 Å². The zero-order valence-corrected chi connectivity index (χ0v) is 18.0. The molecule has 2 aromatic carbocycles. The molecular weight excluding hydrogens is 392 g/mol. The van der Waals surface area contributed by atoms with Crippen molar-refractivity contribution in [3.8, 4) is 0 Å². The van der Waals surface area contributed by atoms with Gasteiger partial charge in [-0.05, 0) is 50.7 Å². The Bertz CT molecular complexity index is 1000. The van der Waals surface area contributed by atoms with E-state index in [0.717, 1.165) is 18.5 Å². The molecule has 2 heterocycles. The number of likely N-dealkylation sites (N-methyl/N-ethyl adjacent to an activating group) is 1. The molecule has 4 rings (SSSR count). The third-order valence-corrected chi connectivity index (χ3v) is 5.93. The lowest BCUT2D eigenvalue weighted by atomic mass is 10.0. The summed E-state index contributed by atoms with van der Waals surface area (Å²) in [6, 6.07) is 14.1. The predicted octanol–water partition coefficient (Wildman–Crippen LogP) is 2.13. The second-order valence-corrected chi connectivity index (χ2v) is 8.31. The van der Waals surface area contributed by atoms with Gasteiger partial charge in [0.2, 0.25) is 5.91 Å². The summed E-state index contributed by atoms with van der Waals surface area (Å²) in [5, 5.41) is 2.95. The predicted molar refractivity (Wildman–Crippen MR) is 119 cm³/mol. The number of anilines is 1. The van der Waals surface area contributed by atoms with Crippen LogP contribution in [0.4, 0.5) is 5.69 Å². The van der Waals surface area contributed by atoms with Gasteiger partial charge < -0.3 is 20.0 Å². The summed E-state index contributed by atoms with van der Waals surface area (Å²) in [5.41, 5.74) is 2.44. The first-order valence-electron chi connectivity index (χ1n) is 10.7. The standard InChI is InChI=1S/C24H28N4O3/c1-26(2)15-13-25-22(29)18-9-4-3-8-17(18)16-28-20-11-6-5-10-19(20)23(30)27-14-7-12-21(27)24(28)31/h3-6,8-11,21H,7,12-16H2,1-2H3,(H,25,29). The van der Waals surface area contributed by atoms with Crippen LogP contribution in [0, 0.1) is 0 Å². The number of benzene rings is 2. The molecule has 3 amide bonds. The molecule has 0 aliphatic carbocycles. The topological polar surface area (TPSA) is 73.0 Å². The lowest BCUT2D eigenvalue weighted by Gasteiger charge is -2.26. The molecule has 7 nitrogen and oxygen atoms in total. The Morgan fingerprint density at radius 3 is 2.65 bits per heavy atom. The van der Waals surface area contributed by atoms with Crippen molar-refractivity contribution in [3.05, 3.63) is 65.2 Å². The maximum atomic E-state index is 13.5. The molecule has 1 N–H and O–H groups in total. The molecule has 0 bridgehead atoms. The van der Waals surface area contributed by atoms with Gasteiger partial charge in [0, 0.05) is 25.2 Å². The molecule has 7 heteroatoms. The first-order chi connectivity index (χ1) is 15.0. The molecule has 0 spiro atoms. The van der Waals surface area contributed by atoms with Gasteiger partial charge in [0.1, 0.15) is 6.04 Å². The van der Waals surface area contributed by atoms with Crippen molar-refractivity contribution in [2.24, 2.45) is 0 Å². The second-order valence-electron chi connectivity index (χ2n) is 8.31. The molecule has 1 fully saturated rings. The van der Waals surface area contributed by atoms with Crippen molar-refractivity contribution >= 4 is 23.4 Å². The third kappa shape index (κ3) is 4.18. The zero-order chi connectivity index (χ0) is 22.0. The Morgan fingerprint density at radius 1 is 1.10 bits per heavy atom. The lowest BCUT2D eigenvalue weighted by molar-refractivity contribution is -0.122. The van der Waals surface area contributed by atoms with Crippen LogP contribution in [0.25, 0.3) is 0 Å². The largest absolute Gasteiger partial charge is 0.351 e. The number of nitrogens with zero attached hydrogens (tertiary/aromatic N) is 3. The Balaban J connectivity index is 1.66. The van der Waals surface area contributed by atoms with Crippen LogP contribution in [0.1, 0.15) is 39.1 Å². The van der Waals surface area contributed by atoms with Crippen LogP contribution in [0.15, 0.2) is 48.5 Å². The maximum absolute atomic E-state index is 13.5. The van der Waals surface area contributed by atoms with Crippen molar-refractivity contribution in [3.63, 3.8) is 0 Å². The molecule has 2 aromatic rings. The number of amides is 3. The summed E-state index contributed by atoms with van der Waals surface area (Å²) in [7, 11) is 3.91. The molecule has 2 aliphatic rings. The van der Waals surface area contributed by atoms with E-state index < -0.39 is 6.04 Å². The van der Waals surface area contributed by atoms with E-state index in [4.69, 9.17) is 0 Å². The van der Waals surface area contributed by atoms with Gasteiger partial charge in [-0.3, -0.25) is 14.4 Å². The zero-order valence-electron chi connectivity index (χ0n) is 18.0. The second kappa shape index (κ2) is 8.89. The molecule has 1 saturated heterocycles. The maximum Gasteiger partial charge on any atom is 0.256 e. The molecule has 0 aromatic heterocycles. The third-order valence-electron chi connectivity index (χ3n) is 5.93. The Labute approximate surface area is 182 Å². The number of carbonyl (C=O) groups is 3. The van der Waals surface area contributed by atoms with E-state index in [1.165, 1.54) is 0 Å². The lowest BCUT2D eigenvalue weighted by Crippen LogP contribution is -2.44. The van der Waals surface area contributed by atoms with Gasteiger partial charge in [0.15, 0.2) is 0 Å². The monoisotopic (exact) mass is 420 g/mol. The molecule has 2 aliphatic heterocycles. The van der Waals surface area contributed by atoms with Crippen molar-refractivity contribution in [2.45, 2.75) is 25.4 Å². The van der Waals surface area contributed by atoms with E-state index in [1.807, 2.05) is 55.4 Å². The molecule has 31 heavy (non-hydrogen) atoms. The average Bonchev–Trinajstić information content (AvgIpc) is 3.24. The van der Waals surface area contributed by atoms with Crippen molar-refractivity contribution in [2.75, 3.05) is 38.6 Å². The van der Waals surface area contributed by atoms with E-state index in [1.54, 1.807) is 21.9 Å². The van der Waals surface area contributed by atoms with Crippen LogP contribution < -0.4 is 10.2 Å². The molecular formula is C24H28N4O3. The van der Waals surface area contributed by atoms with E-state index in [-0.39, 0.29) is 24.3 Å². The van der Waals surface area contributed by atoms with E-state index in [0.29, 0.717) is 36.3 Å². The fourth-order valence-electron chi connectivity index (χ4n) is 4.31. The number of nitrogens with one attached hydrogen (secondary N) is 1. The van der Waals surface area contributed by atoms with Crippen LogP contribution in [-0.2, 0) is 11.3 Å². The highest BCUT2D eigenvalue weighted by Crippen LogP contribution is 2.33. The summed E-state index contributed by atoms with van der Waals surface area (Å²) < 4.78 is 0. The normalized spacial score (nSPS) is 18.1. The number of carbonyl (C=O) groups excluding carboxylic acids is 3. The van der Waals surface area contributed by atoms with E-state index in [2.05, 4.69) is 5.32 Å². The van der Waals surface area contributed by atoms with Gasteiger partial charge in [0.25, 0.3) is 11.8 Å². The van der Waals surface area contributed by atoms with Gasteiger partial charge in [-0.25, -0.2) is 0 Å². The molecule has 162 valence electrons. The van der Waals surface area contributed by atoms with Gasteiger partial charge in [-0.15, -0.1) is 0 Å². The summed E-state index contributed by atoms with van der Waals surface area (Å²) in [6.07, 6.45) is 1.49. The smallest absolute Gasteiger partial charge is 0.256 e. The minimum absolute atomic E-state index is 0.0846. The SMILES string of the molecule is CN(C)CCNC(=O)c1ccccc1CN1C(=O)C2CCCN2C(=O)c2ccccc21. The van der Waals surface area contributed by atoms with Crippen LogP contribution in [0.2, 0.25) is 0 Å². The highest BCUT2D eigenvalue weighted by molar-refractivity contribution is 6.11. The molecule has 0 saturated carbocycles. The minimum atomic E-state index is -0.444. The number of fused-ring (bicyclic) bond motifs is 2. The first-order valence-corrected chi connectivity index (χ1v) is 10.7. The van der Waals surface area contributed by atoms with Gasteiger partial charge >= 0.3 is 0 Å². The van der Waals surface area contributed by atoms with Gasteiger partial charge in [-0.1, -0.05) is 30.3 Å². The quantitative estimate of drug-likeness (QED) is 0.777. The average molecular weight is 421 g/mol. The summed E-state index contributed by atoms with van der Waals surface area (Å²) in [5.74, 6) is -0.339. The Kier molecular flexibility index (Phi) is 6.04. The van der Waals surface area contributed by atoms with Gasteiger partial charge in [-0.2, -0.15) is 0 Å². The molecule has 0 radical (unpaired) electrons. The minimum Gasteiger partial charge on any atom is -0.351 e. The van der Waals surface area contributed by atoms with Crippen LogP contribution in [0.5, 0.6) is 0 Å². The highest BCUT2D eigenvalue weighted by atomic mass is 16.2. The first kappa shape index (κ1) is 21.1.